The highest BCUT2D eigenvalue weighted by molar-refractivity contribution is 6.62. The van der Waals surface area contributed by atoms with Crippen molar-refractivity contribution in [2.45, 2.75) is 76.6 Å². The summed E-state index contributed by atoms with van der Waals surface area (Å²) in [6.07, 6.45) is 5.94. The van der Waals surface area contributed by atoms with Crippen molar-refractivity contribution >= 4 is 24.2 Å². The van der Waals surface area contributed by atoms with Crippen molar-refractivity contribution in [1.29, 1.82) is 5.53 Å². The normalized spacial score (nSPS) is 26.9. The van der Waals surface area contributed by atoms with Crippen molar-refractivity contribution in [3.05, 3.63) is 52.7 Å². The number of hydrogen-bond acceptors (Lipinski definition) is 6. The maximum atomic E-state index is 14.6. The number of allylic oxidation sites excluding steroid dienone is 4. The summed E-state index contributed by atoms with van der Waals surface area (Å²) in [6, 6.07) is 1.20. The lowest BCUT2D eigenvalue weighted by Crippen LogP contribution is -2.44. The molecule has 1 saturated carbocycles. The number of nitrogens with one attached hydrogen (secondary N) is 1. The topological polar surface area (TPSA) is 80.0 Å². The summed E-state index contributed by atoms with van der Waals surface area (Å²) in [5.41, 5.74) is 7.98. The van der Waals surface area contributed by atoms with Gasteiger partial charge in [-0.15, -0.1) is 0 Å². The van der Waals surface area contributed by atoms with Gasteiger partial charge in [0.15, 0.2) is 5.82 Å². The average Bonchev–Trinajstić information content (AvgIpc) is 3.01. The molecule has 1 aromatic rings. The summed E-state index contributed by atoms with van der Waals surface area (Å²) in [6.45, 7) is 7.67. The SMILES string of the molecule is C/C(CCC1(C)OB(c2cnc(OC3CC(F)(F)C3)c(F)c2)OC1(C)C)=C1\C=C(Cl)C=CN1N=N. The van der Waals surface area contributed by atoms with Crippen LogP contribution in [0.3, 0.4) is 0 Å². The number of ether oxygens (including phenoxy) is 1. The van der Waals surface area contributed by atoms with Gasteiger partial charge in [-0.3, -0.25) is 0 Å². The first-order chi connectivity index (χ1) is 16.3. The lowest BCUT2D eigenvalue weighted by atomic mass is 9.80. The van der Waals surface area contributed by atoms with Crippen LogP contribution in [-0.4, -0.2) is 40.3 Å². The van der Waals surface area contributed by atoms with Crippen LogP contribution in [0.15, 0.2) is 52.1 Å². The molecular weight excluding hydrogens is 484 g/mol. The van der Waals surface area contributed by atoms with Gasteiger partial charge < -0.3 is 14.0 Å². The molecule has 188 valence electrons. The first kappa shape index (κ1) is 25.7. The van der Waals surface area contributed by atoms with Crippen molar-refractivity contribution in [2.75, 3.05) is 0 Å². The molecule has 1 saturated heterocycles. The highest BCUT2D eigenvalue weighted by Gasteiger charge is 2.54. The van der Waals surface area contributed by atoms with Crippen molar-refractivity contribution in [2.24, 2.45) is 5.22 Å². The van der Waals surface area contributed by atoms with Crippen LogP contribution in [0.25, 0.3) is 0 Å². The molecule has 0 aromatic carbocycles. The summed E-state index contributed by atoms with van der Waals surface area (Å²) < 4.78 is 58.3. The maximum Gasteiger partial charge on any atom is 0.496 e. The van der Waals surface area contributed by atoms with Crippen LogP contribution in [0.5, 0.6) is 5.88 Å². The molecule has 0 radical (unpaired) electrons. The predicted molar refractivity (Wildman–Crippen MR) is 125 cm³/mol. The fourth-order valence-electron chi connectivity index (χ4n) is 4.22. The molecule has 2 fully saturated rings. The van der Waals surface area contributed by atoms with Gasteiger partial charge in [-0.25, -0.2) is 23.2 Å². The Morgan fingerprint density at radius 1 is 1.34 bits per heavy atom. The number of hydrogen-bond donors (Lipinski definition) is 1. The fraction of sp³-hybridized carbons (Fsp3) is 0.522. The van der Waals surface area contributed by atoms with Gasteiger partial charge in [-0.2, -0.15) is 5.53 Å². The number of pyridine rings is 1. The van der Waals surface area contributed by atoms with Gasteiger partial charge in [-0.1, -0.05) is 16.8 Å². The zero-order valence-corrected chi connectivity index (χ0v) is 20.7. The minimum absolute atomic E-state index is 0.311. The Hall–Kier alpha value is -2.37. The van der Waals surface area contributed by atoms with Crippen LogP contribution in [0.2, 0.25) is 0 Å². The van der Waals surface area contributed by atoms with Crippen molar-refractivity contribution in [3.63, 3.8) is 0 Å². The second kappa shape index (κ2) is 9.26. The molecule has 1 aromatic heterocycles. The smallest absolute Gasteiger partial charge is 0.472 e. The van der Waals surface area contributed by atoms with Gasteiger partial charge >= 0.3 is 7.12 Å². The number of halogens is 4. The molecule has 1 unspecified atom stereocenters. The van der Waals surface area contributed by atoms with Crippen LogP contribution in [0.4, 0.5) is 13.2 Å². The minimum atomic E-state index is -2.76. The Morgan fingerprint density at radius 3 is 2.69 bits per heavy atom. The first-order valence-electron chi connectivity index (χ1n) is 11.3. The Labute approximate surface area is 207 Å². The van der Waals surface area contributed by atoms with E-state index in [2.05, 4.69) is 10.2 Å². The molecule has 7 nitrogen and oxygen atoms in total. The summed E-state index contributed by atoms with van der Waals surface area (Å²) in [5, 5.41) is 5.48. The van der Waals surface area contributed by atoms with Gasteiger partial charge in [0.25, 0.3) is 11.8 Å². The molecule has 1 atom stereocenters. The van der Waals surface area contributed by atoms with Crippen LogP contribution >= 0.6 is 11.6 Å². The number of rotatable bonds is 7. The molecule has 4 rings (SSSR count). The Balaban J connectivity index is 1.45. The van der Waals surface area contributed by atoms with Crippen molar-refractivity contribution in [3.8, 4) is 5.88 Å². The van der Waals surface area contributed by atoms with E-state index in [4.69, 9.17) is 31.2 Å². The summed E-state index contributed by atoms with van der Waals surface area (Å²) in [7, 11) is -0.862. The lowest BCUT2D eigenvalue weighted by molar-refractivity contribution is -0.136. The van der Waals surface area contributed by atoms with Gasteiger partial charge in [0.2, 0.25) is 0 Å². The lowest BCUT2D eigenvalue weighted by Gasteiger charge is -2.36. The number of alkyl halides is 2. The number of aromatic nitrogens is 1. The van der Waals surface area contributed by atoms with E-state index in [0.29, 0.717) is 23.3 Å². The van der Waals surface area contributed by atoms with E-state index >= 15 is 0 Å². The van der Waals surface area contributed by atoms with Crippen LogP contribution < -0.4 is 10.2 Å². The van der Waals surface area contributed by atoms with E-state index in [1.807, 2.05) is 27.7 Å². The molecular formula is C23H27BClF3N4O3. The van der Waals surface area contributed by atoms with E-state index < -0.39 is 49.0 Å². The van der Waals surface area contributed by atoms with Gasteiger partial charge in [0, 0.05) is 35.7 Å². The zero-order valence-electron chi connectivity index (χ0n) is 19.9. The third-order valence-corrected chi connectivity index (χ3v) is 7.13. The third kappa shape index (κ3) is 5.27. The Kier molecular flexibility index (Phi) is 6.80. The minimum Gasteiger partial charge on any atom is -0.472 e. The van der Waals surface area contributed by atoms with Crippen LogP contribution in [-0.2, 0) is 9.31 Å². The van der Waals surface area contributed by atoms with Crippen molar-refractivity contribution < 1.29 is 27.2 Å². The highest BCUT2D eigenvalue weighted by Crippen LogP contribution is 2.42. The summed E-state index contributed by atoms with van der Waals surface area (Å²) in [5.74, 6) is -3.83. The molecule has 3 aliphatic rings. The highest BCUT2D eigenvalue weighted by atomic mass is 35.5. The monoisotopic (exact) mass is 510 g/mol. The van der Waals surface area contributed by atoms with E-state index in [-0.39, 0.29) is 5.88 Å². The van der Waals surface area contributed by atoms with Gasteiger partial charge in [-0.05, 0) is 64.3 Å². The van der Waals surface area contributed by atoms with E-state index in [1.54, 1.807) is 18.4 Å². The second-order valence-corrected chi connectivity index (χ2v) is 10.3. The Bertz CT molecular complexity index is 1110. The quantitative estimate of drug-likeness (QED) is 0.380. The zero-order chi connectivity index (χ0) is 25.6. The third-order valence-electron chi connectivity index (χ3n) is 6.89. The molecule has 0 amide bonds. The molecule has 0 spiro atoms. The van der Waals surface area contributed by atoms with E-state index in [0.717, 1.165) is 11.3 Å². The molecule has 1 N–H and O–H groups in total. The molecule has 2 aliphatic heterocycles. The van der Waals surface area contributed by atoms with Crippen molar-refractivity contribution in [1.82, 2.24) is 9.99 Å². The standard InChI is InChI=1S/C23H27BClF3N4O3/c1-14(19-10-16(25)6-8-32(19)31-29)5-7-22(4)21(2,3)34-24(35-22)15-9-18(26)20(30-13-15)33-17-11-23(27,28)12-17/h6,8-10,13,17,29H,5,7,11-12H2,1-4H3/b19-14-,31-29?. The Morgan fingerprint density at radius 2 is 2.06 bits per heavy atom. The summed E-state index contributed by atoms with van der Waals surface area (Å²) in [4.78, 5) is 3.98. The molecule has 0 bridgehead atoms. The molecule has 35 heavy (non-hydrogen) atoms. The molecule has 12 heteroatoms. The maximum absolute atomic E-state index is 14.6. The number of nitrogens with zero attached hydrogens (tertiary/aromatic N) is 3. The van der Waals surface area contributed by atoms with Crippen LogP contribution in [0.1, 0.15) is 53.4 Å². The summed E-state index contributed by atoms with van der Waals surface area (Å²) >= 11 is 6.13. The fourth-order valence-corrected chi connectivity index (χ4v) is 4.38. The van der Waals surface area contributed by atoms with E-state index in [9.17, 15) is 13.2 Å². The molecule has 1 aliphatic carbocycles. The molecule has 3 heterocycles. The largest absolute Gasteiger partial charge is 0.496 e. The first-order valence-corrected chi connectivity index (χ1v) is 11.7. The second-order valence-electron chi connectivity index (χ2n) is 9.82. The van der Waals surface area contributed by atoms with E-state index in [1.165, 1.54) is 17.3 Å². The average molecular weight is 511 g/mol. The van der Waals surface area contributed by atoms with Gasteiger partial charge in [0.05, 0.1) is 16.9 Å². The van der Waals surface area contributed by atoms with Gasteiger partial charge in [0.1, 0.15) is 6.10 Å². The predicted octanol–water partition coefficient (Wildman–Crippen LogP) is 5.63. The van der Waals surface area contributed by atoms with Crippen LogP contribution in [0, 0.1) is 11.3 Å².